The number of aryl methyl sites for hydroxylation is 5. The van der Waals surface area contributed by atoms with Crippen molar-refractivity contribution in [1.82, 2.24) is 0 Å². The molecule has 2 aromatic heterocycles. The summed E-state index contributed by atoms with van der Waals surface area (Å²) in [5.41, 5.74) is 3.65. The Morgan fingerprint density at radius 3 is 1.60 bits per heavy atom. The number of benzene rings is 3. The van der Waals surface area contributed by atoms with Crippen molar-refractivity contribution in [3.8, 4) is 23.0 Å². The average molecular weight is 901 g/mol. The lowest BCUT2D eigenvalue weighted by molar-refractivity contribution is -0.146. The quantitative estimate of drug-likeness (QED) is 0.0318. The average Bonchev–Trinajstić information content (AvgIpc) is 3.21. The van der Waals surface area contributed by atoms with Gasteiger partial charge in [-0.15, -0.1) is 11.6 Å². The van der Waals surface area contributed by atoms with Gasteiger partial charge in [0.25, 0.3) is 0 Å². The second kappa shape index (κ2) is 29.7. The van der Waals surface area contributed by atoms with Crippen molar-refractivity contribution in [2.24, 2.45) is 0 Å². The van der Waals surface area contributed by atoms with E-state index in [1.165, 1.54) is 30.3 Å². The van der Waals surface area contributed by atoms with E-state index in [9.17, 15) is 43.8 Å². The second-order valence-corrected chi connectivity index (χ2v) is 13.2. The number of ether oxygens (including phenoxy) is 2. The maximum absolute atomic E-state index is 11.4. The molecular formula is C47H61ClO15. The van der Waals surface area contributed by atoms with E-state index >= 15 is 0 Å². The van der Waals surface area contributed by atoms with E-state index in [2.05, 4.69) is 9.47 Å². The first-order valence-corrected chi connectivity index (χ1v) is 19.7. The number of esters is 2. The van der Waals surface area contributed by atoms with Gasteiger partial charge < -0.3 is 38.7 Å². The summed E-state index contributed by atoms with van der Waals surface area (Å²) < 4.78 is 19.1. The molecule has 0 amide bonds. The number of ketones is 2. The van der Waals surface area contributed by atoms with E-state index in [4.69, 9.17) is 30.6 Å². The Kier molecular flexibility index (Phi) is 27.6. The number of aromatic hydroxyl groups is 4. The van der Waals surface area contributed by atoms with Crippen LogP contribution < -0.4 is 11.3 Å². The van der Waals surface area contributed by atoms with Crippen molar-refractivity contribution in [1.29, 1.82) is 0 Å². The predicted octanol–water partition coefficient (Wildman–Crippen LogP) is 8.90. The van der Waals surface area contributed by atoms with Gasteiger partial charge in [-0.3, -0.25) is 24.0 Å². The van der Waals surface area contributed by atoms with E-state index in [-0.39, 0.29) is 84.9 Å². The van der Waals surface area contributed by atoms with Crippen LogP contribution in [0.3, 0.4) is 0 Å². The topological polar surface area (TPSA) is 245 Å². The highest BCUT2D eigenvalue weighted by molar-refractivity contribution is 6.28. The zero-order valence-electron chi connectivity index (χ0n) is 35.5. The first-order chi connectivity index (χ1) is 28.8. The Morgan fingerprint density at radius 2 is 1.14 bits per heavy atom. The number of rotatable bonds is 11. The van der Waals surface area contributed by atoms with Gasteiger partial charge >= 0.3 is 23.2 Å². The van der Waals surface area contributed by atoms with E-state index in [0.29, 0.717) is 48.9 Å². The molecular weight excluding hydrogens is 840 g/mol. The monoisotopic (exact) mass is 900 g/mol. The number of halogens is 1. The highest BCUT2D eigenvalue weighted by atomic mass is 35.5. The van der Waals surface area contributed by atoms with Crippen LogP contribution in [0.15, 0.2) is 67.0 Å². The van der Waals surface area contributed by atoms with E-state index in [1.54, 1.807) is 46.8 Å². The zero-order chi connectivity index (χ0) is 46.4. The molecule has 3 aromatic carbocycles. The third kappa shape index (κ3) is 19.4. The second-order valence-electron chi connectivity index (χ2n) is 13.0. The van der Waals surface area contributed by atoms with Crippen LogP contribution in [0, 0.1) is 20.8 Å². The fourth-order valence-electron chi connectivity index (χ4n) is 5.09. The lowest BCUT2D eigenvalue weighted by Crippen LogP contribution is -2.11. The van der Waals surface area contributed by atoms with Crippen LogP contribution in [0.4, 0.5) is 0 Å². The van der Waals surface area contributed by atoms with Gasteiger partial charge in [-0.25, -0.2) is 9.59 Å². The summed E-state index contributed by atoms with van der Waals surface area (Å²) in [5, 5.41) is 38.6. The summed E-state index contributed by atoms with van der Waals surface area (Å²) >= 11 is 5.14. The SMILES string of the molecule is C.C.CCOC(=O)CC(=O)CC.CCOC(=O)CC(=O)CCl.CCc1cc(=O)oc2c(C=O)c(O)c(C)cc12.CCc1cc(=O)oc2cc(O)c(C)cc12.Cc1ccc(O)cc1O. The molecule has 16 heteroatoms. The highest BCUT2D eigenvalue weighted by Crippen LogP contribution is 2.31. The summed E-state index contributed by atoms with van der Waals surface area (Å²) in [6, 6.07) is 12.5. The molecule has 346 valence electrons. The minimum atomic E-state index is -0.513. The molecule has 0 saturated carbocycles. The first kappa shape index (κ1) is 58.6. The van der Waals surface area contributed by atoms with Crippen LogP contribution in [-0.2, 0) is 41.5 Å². The third-order valence-electron chi connectivity index (χ3n) is 8.38. The van der Waals surface area contributed by atoms with Crippen LogP contribution in [0.2, 0.25) is 0 Å². The number of fused-ring (bicyclic) bond motifs is 2. The fourth-order valence-corrected chi connectivity index (χ4v) is 5.19. The molecule has 0 aliphatic carbocycles. The predicted molar refractivity (Wildman–Crippen MR) is 243 cm³/mol. The summed E-state index contributed by atoms with van der Waals surface area (Å²) in [5.74, 6) is -1.18. The van der Waals surface area contributed by atoms with Crippen LogP contribution in [0.5, 0.6) is 23.0 Å². The highest BCUT2D eigenvalue weighted by Gasteiger charge is 2.15. The van der Waals surface area contributed by atoms with Crippen molar-refractivity contribution in [3.05, 3.63) is 103 Å². The van der Waals surface area contributed by atoms with E-state index in [1.807, 2.05) is 26.8 Å². The lowest BCUT2D eigenvalue weighted by atomic mass is 10.0. The lowest BCUT2D eigenvalue weighted by Gasteiger charge is -2.08. The third-order valence-corrected chi connectivity index (χ3v) is 8.67. The number of phenolic OH excluding ortho intramolecular Hbond substituents is 4. The molecule has 15 nitrogen and oxygen atoms in total. The zero-order valence-corrected chi connectivity index (χ0v) is 36.3. The minimum Gasteiger partial charge on any atom is -0.508 e. The van der Waals surface area contributed by atoms with Gasteiger partial charge in [-0.05, 0) is 93.5 Å². The maximum Gasteiger partial charge on any atom is 0.336 e. The largest absolute Gasteiger partial charge is 0.508 e. The Bertz CT molecular complexity index is 2380. The Labute approximate surface area is 372 Å². The molecule has 0 fully saturated rings. The van der Waals surface area contributed by atoms with Gasteiger partial charge in [-0.1, -0.05) is 41.7 Å². The van der Waals surface area contributed by atoms with E-state index in [0.717, 1.165) is 34.1 Å². The summed E-state index contributed by atoms with van der Waals surface area (Å²) in [7, 11) is 0. The Morgan fingerprint density at radius 1 is 0.651 bits per heavy atom. The molecule has 0 aliphatic heterocycles. The number of carbonyl (C=O) groups excluding carboxylic acids is 5. The van der Waals surface area contributed by atoms with Crippen molar-refractivity contribution < 1.29 is 62.7 Å². The molecule has 5 rings (SSSR count). The van der Waals surface area contributed by atoms with Gasteiger partial charge in [-0.2, -0.15) is 0 Å². The van der Waals surface area contributed by atoms with Gasteiger partial charge in [0.2, 0.25) is 0 Å². The van der Waals surface area contributed by atoms with Gasteiger partial charge in [0.1, 0.15) is 47.2 Å². The molecule has 0 aliphatic rings. The van der Waals surface area contributed by atoms with Crippen molar-refractivity contribution in [2.75, 3.05) is 19.1 Å². The van der Waals surface area contributed by atoms with Gasteiger partial charge in [0.05, 0.1) is 24.7 Å². The number of phenols is 4. The number of aldehydes is 1. The summed E-state index contributed by atoms with van der Waals surface area (Å²) in [6.45, 7) is 15.0. The molecule has 0 bridgehead atoms. The number of hydrogen-bond donors (Lipinski definition) is 4. The van der Waals surface area contributed by atoms with Crippen LogP contribution in [0.1, 0.15) is 107 Å². The standard InChI is InChI=1S/C13H12O4.C12H12O3.C7H12O3.C7H8O2.C6H9ClO3.2CH4/c1-3-8-5-11(15)17-13-9(8)4-7(2)12(16)10(13)6-14;1-3-8-5-12(14)15-11-6-10(13)7(2)4-9(8)11;1-3-6(8)5-7(9)10-4-2;1-5-2-3-6(8)4-7(5)9;1-2-10-6(9)3-5(8)4-7;;/h4-6,16H,3H2,1-2H3;4-6,13H,3H2,1-2H3;3-5H2,1-2H3;2-4,8-9H,1H3;2-4H2,1H3;2*1H4. The van der Waals surface area contributed by atoms with Crippen molar-refractivity contribution in [3.63, 3.8) is 0 Å². The molecule has 4 N–H and O–H groups in total. The summed E-state index contributed by atoms with van der Waals surface area (Å²) in [4.78, 5) is 75.7. The molecule has 2 heterocycles. The minimum absolute atomic E-state index is 0. The number of hydrogen-bond acceptors (Lipinski definition) is 15. The molecule has 0 radical (unpaired) electrons. The fraction of sp³-hybridized carbons (Fsp3) is 0.383. The van der Waals surface area contributed by atoms with Gasteiger partial charge in [0, 0.05) is 41.5 Å². The normalized spacial score (nSPS) is 9.67. The Balaban J connectivity index is 0. The Hall–Kier alpha value is -6.48. The van der Waals surface area contributed by atoms with Gasteiger partial charge in [0.15, 0.2) is 17.7 Å². The number of carbonyl (C=O) groups is 5. The summed E-state index contributed by atoms with van der Waals surface area (Å²) in [6.07, 6.45) is 2.05. The maximum atomic E-state index is 11.4. The van der Waals surface area contributed by atoms with Crippen LogP contribution >= 0.6 is 11.6 Å². The molecule has 63 heavy (non-hydrogen) atoms. The molecule has 5 aromatic rings. The molecule has 0 saturated heterocycles. The van der Waals surface area contributed by atoms with Crippen molar-refractivity contribution >= 4 is 63.3 Å². The molecule has 0 spiro atoms. The number of Topliss-reactive ketones (excluding diaryl/α,β-unsaturated/α-hetero) is 2. The van der Waals surface area contributed by atoms with Crippen LogP contribution in [-0.4, -0.2) is 69.3 Å². The van der Waals surface area contributed by atoms with Crippen LogP contribution in [0.25, 0.3) is 21.9 Å². The molecule has 0 atom stereocenters. The smallest absolute Gasteiger partial charge is 0.336 e. The first-order valence-electron chi connectivity index (χ1n) is 19.2. The van der Waals surface area contributed by atoms with Crippen molar-refractivity contribution in [2.45, 2.75) is 102 Å². The van der Waals surface area contributed by atoms with E-state index < -0.39 is 17.6 Å². The number of alkyl halides is 1. The molecule has 0 unspecified atom stereocenters.